The van der Waals surface area contributed by atoms with Crippen molar-refractivity contribution >= 4 is 11.5 Å². The van der Waals surface area contributed by atoms with Gasteiger partial charge in [-0.15, -0.1) is 15.3 Å². The summed E-state index contributed by atoms with van der Waals surface area (Å²) >= 11 is 0. The minimum absolute atomic E-state index is 0.0632. The molecule has 0 aromatic carbocycles. The van der Waals surface area contributed by atoms with E-state index < -0.39 is 12.0 Å². The van der Waals surface area contributed by atoms with Crippen molar-refractivity contribution in [3.8, 4) is 0 Å². The molecule has 3 rings (SSSR count). The van der Waals surface area contributed by atoms with Crippen LogP contribution in [0.5, 0.6) is 0 Å². The molecule has 0 radical (unpaired) electrons. The Kier molecular flexibility index (Phi) is 3.44. The maximum atomic E-state index is 12.8. The van der Waals surface area contributed by atoms with Crippen molar-refractivity contribution in [2.75, 3.05) is 11.9 Å². The molecule has 1 aliphatic heterocycles. The van der Waals surface area contributed by atoms with E-state index >= 15 is 0 Å². The van der Waals surface area contributed by atoms with Crippen LogP contribution < -0.4 is 5.32 Å². The summed E-state index contributed by atoms with van der Waals surface area (Å²) in [5.74, 6) is -0.756. The molecule has 1 N–H and O–H groups in total. The molecular formula is C12H14F3N5O. The van der Waals surface area contributed by atoms with Crippen LogP contribution in [0.2, 0.25) is 0 Å². The van der Waals surface area contributed by atoms with Gasteiger partial charge in [0.1, 0.15) is 5.82 Å². The Morgan fingerprint density at radius 2 is 2.14 bits per heavy atom. The maximum absolute atomic E-state index is 12.8. The number of halogens is 3. The molecule has 6 nitrogen and oxygen atoms in total. The molecule has 2 unspecified atom stereocenters. The summed E-state index contributed by atoms with van der Waals surface area (Å²) in [6.07, 6.45) is -2.88. The zero-order valence-corrected chi connectivity index (χ0v) is 11.3. The highest BCUT2D eigenvalue weighted by molar-refractivity contribution is 5.44. The molecule has 21 heavy (non-hydrogen) atoms. The maximum Gasteiger partial charge on any atom is 0.453 e. The fourth-order valence-electron chi connectivity index (χ4n) is 2.38. The summed E-state index contributed by atoms with van der Waals surface area (Å²) in [7, 11) is 0. The van der Waals surface area contributed by atoms with E-state index in [2.05, 4.69) is 20.6 Å². The lowest BCUT2D eigenvalue weighted by molar-refractivity contribution is -0.146. The van der Waals surface area contributed by atoms with Gasteiger partial charge in [0.25, 0.3) is 5.82 Å². The summed E-state index contributed by atoms with van der Waals surface area (Å²) in [5, 5.41) is 13.7. The van der Waals surface area contributed by atoms with E-state index in [-0.39, 0.29) is 17.8 Å². The van der Waals surface area contributed by atoms with Crippen molar-refractivity contribution < 1.29 is 17.9 Å². The Bertz CT molecular complexity index is 641. The average Bonchev–Trinajstić information content (AvgIpc) is 2.81. The third-order valence-corrected chi connectivity index (χ3v) is 3.35. The topological polar surface area (TPSA) is 64.3 Å². The van der Waals surface area contributed by atoms with Gasteiger partial charge in [-0.25, -0.2) is 0 Å². The van der Waals surface area contributed by atoms with Gasteiger partial charge in [-0.1, -0.05) is 0 Å². The van der Waals surface area contributed by atoms with Crippen LogP contribution in [0.3, 0.4) is 0 Å². The van der Waals surface area contributed by atoms with Gasteiger partial charge in [0.05, 0.1) is 6.10 Å². The second-order valence-electron chi connectivity index (χ2n) is 5.06. The molecule has 1 fully saturated rings. The summed E-state index contributed by atoms with van der Waals surface area (Å²) in [6.45, 7) is 2.59. The molecule has 0 spiro atoms. The van der Waals surface area contributed by atoms with Crippen LogP contribution in [0.15, 0.2) is 12.1 Å². The third-order valence-electron chi connectivity index (χ3n) is 3.35. The first-order valence-electron chi connectivity index (χ1n) is 6.61. The summed E-state index contributed by atoms with van der Waals surface area (Å²) in [6, 6.07) is 3.19. The van der Waals surface area contributed by atoms with Crippen LogP contribution in [0.4, 0.5) is 19.0 Å². The number of hydrogen-bond donors (Lipinski definition) is 1. The molecule has 114 valence electrons. The number of hydrogen-bond acceptors (Lipinski definition) is 5. The molecule has 1 saturated heterocycles. The second-order valence-corrected chi connectivity index (χ2v) is 5.06. The monoisotopic (exact) mass is 301 g/mol. The highest BCUT2D eigenvalue weighted by atomic mass is 19.4. The van der Waals surface area contributed by atoms with E-state index in [1.165, 1.54) is 6.07 Å². The van der Waals surface area contributed by atoms with Crippen molar-refractivity contribution in [2.45, 2.75) is 38.1 Å². The highest BCUT2D eigenvalue weighted by Crippen LogP contribution is 2.27. The van der Waals surface area contributed by atoms with Crippen LogP contribution in [0, 0.1) is 0 Å². The van der Waals surface area contributed by atoms with Gasteiger partial charge < -0.3 is 10.1 Å². The number of nitrogens with one attached hydrogen (secondary N) is 1. The Balaban J connectivity index is 1.86. The zero-order valence-electron chi connectivity index (χ0n) is 11.3. The van der Waals surface area contributed by atoms with Crippen LogP contribution in [0.1, 0.15) is 25.6 Å². The molecule has 0 amide bonds. The van der Waals surface area contributed by atoms with E-state index in [9.17, 15) is 13.2 Å². The predicted octanol–water partition coefficient (Wildman–Crippen LogP) is 2.12. The molecular weight excluding hydrogens is 287 g/mol. The van der Waals surface area contributed by atoms with Gasteiger partial charge in [0.15, 0.2) is 5.65 Å². The standard InChI is InChI=1S/C12H14F3N5O/c1-7-6-8(4-5-21-7)16-9-2-3-10-17-18-11(12(13,14)15)20(10)19-9/h2-3,7-8H,4-6H2,1H3,(H,16,19). The lowest BCUT2D eigenvalue weighted by atomic mass is 10.0. The van der Waals surface area contributed by atoms with E-state index in [4.69, 9.17) is 4.74 Å². The van der Waals surface area contributed by atoms with Crippen molar-refractivity contribution in [1.82, 2.24) is 19.8 Å². The number of rotatable bonds is 2. The van der Waals surface area contributed by atoms with Crippen LogP contribution in [-0.2, 0) is 10.9 Å². The van der Waals surface area contributed by atoms with Gasteiger partial charge in [0, 0.05) is 12.6 Å². The largest absolute Gasteiger partial charge is 0.453 e. The Labute approximate surface area is 118 Å². The quantitative estimate of drug-likeness (QED) is 0.920. The van der Waals surface area contributed by atoms with E-state index in [0.717, 1.165) is 12.8 Å². The average molecular weight is 301 g/mol. The summed E-state index contributed by atoms with van der Waals surface area (Å²) < 4.78 is 44.5. The number of anilines is 1. The normalized spacial score (nSPS) is 23.4. The molecule has 2 aromatic rings. The lowest BCUT2D eigenvalue weighted by Gasteiger charge is -2.28. The lowest BCUT2D eigenvalue weighted by Crippen LogP contribution is -2.32. The fraction of sp³-hybridized carbons (Fsp3) is 0.583. The van der Waals surface area contributed by atoms with Crippen molar-refractivity contribution in [3.05, 3.63) is 18.0 Å². The molecule has 1 aliphatic rings. The van der Waals surface area contributed by atoms with E-state index in [1.807, 2.05) is 6.92 Å². The second kappa shape index (κ2) is 5.14. The SMILES string of the molecule is CC1CC(Nc2ccc3nnc(C(F)(F)F)n3n2)CCO1. The summed E-state index contributed by atoms with van der Waals surface area (Å²) in [4.78, 5) is 0. The molecule has 0 saturated carbocycles. The number of fused-ring (bicyclic) bond motifs is 1. The summed E-state index contributed by atoms with van der Waals surface area (Å²) in [5.41, 5.74) is 0.0632. The molecule has 0 aliphatic carbocycles. The first-order valence-corrected chi connectivity index (χ1v) is 6.61. The first-order chi connectivity index (χ1) is 9.93. The van der Waals surface area contributed by atoms with Crippen LogP contribution >= 0.6 is 0 Å². The highest BCUT2D eigenvalue weighted by Gasteiger charge is 2.37. The number of aromatic nitrogens is 4. The van der Waals surface area contributed by atoms with Gasteiger partial charge in [-0.2, -0.15) is 17.7 Å². The van der Waals surface area contributed by atoms with E-state index in [0.29, 0.717) is 16.9 Å². The third kappa shape index (κ3) is 2.92. The van der Waals surface area contributed by atoms with Gasteiger partial charge >= 0.3 is 6.18 Å². The number of ether oxygens (including phenoxy) is 1. The number of alkyl halides is 3. The van der Waals surface area contributed by atoms with Gasteiger partial charge in [-0.3, -0.25) is 0 Å². The molecule has 9 heteroatoms. The minimum Gasteiger partial charge on any atom is -0.378 e. The van der Waals surface area contributed by atoms with Gasteiger partial charge in [-0.05, 0) is 31.9 Å². The van der Waals surface area contributed by atoms with E-state index in [1.54, 1.807) is 6.07 Å². The minimum atomic E-state index is -4.59. The Hall–Kier alpha value is -1.90. The van der Waals surface area contributed by atoms with Gasteiger partial charge in [0.2, 0.25) is 0 Å². The fourth-order valence-corrected chi connectivity index (χ4v) is 2.38. The van der Waals surface area contributed by atoms with Crippen molar-refractivity contribution in [2.24, 2.45) is 0 Å². The molecule has 0 bridgehead atoms. The van der Waals surface area contributed by atoms with Crippen molar-refractivity contribution in [3.63, 3.8) is 0 Å². The molecule has 2 atom stereocenters. The van der Waals surface area contributed by atoms with Crippen LogP contribution in [0.25, 0.3) is 5.65 Å². The van der Waals surface area contributed by atoms with Crippen molar-refractivity contribution in [1.29, 1.82) is 0 Å². The zero-order chi connectivity index (χ0) is 15.0. The van der Waals surface area contributed by atoms with Crippen LogP contribution in [-0.4, -0.2) is 38.6 Å². The predicted molar refractivity (Wildman–Crippen MR) is 67.8 cm³/mol. The molecule has 3 heterocycles. The Morgan fingerprint density at radius 3 is 2.86 bits per heavy atom. The molecule has 2 aromatic heterocycles. The first kappa shape index (κ1) is 14.1. The Morgan fingerprint density at radius 1 is 1.33 bits per heavy atom. The smallest absolute Gasteiger partial charge is 0.378 e. The number of nitrogens with zero attached hydrogens (tertiary/aromatic N) is 4.